The number of para-hydroxylation sites is 1. The second-order valence-electron chi connectivity index (χ2n) is 12.5. The number of hydrogen-bond acceptors (Lipinski definition) is 2. The van der Waals surface area contributed by atoms with Crippen molar-refractivity contribution in [1.82, 2.24) is 0 Å². The lowest BCUT2D eigenvalue weighted by Gasteiger charge is -2.28. The van der Waals surface area contributed by atoms with E-state index in [9.17, 15) is 0 Å². The van der Waals surface area contributed by atoms with Crippen LogP contribution in [0.1, 0.15) is 0 Å². The summed E-state index contributed by atoms with van der Waals surface area (Å²) in [4.78, 5) is 2.42. The largest absolute Gasteiger partial charge is 0.454 e. The Labute approximate surface area is 277 Å². The summed E-state index contributed by atoms with van der Waals surface area (Å²) in [6.45, 7) is 0. The van der Waals surface area contributed by atoms with Gasteiger partial charge in [-0.1, -0.05) is 146 Å². The Balaban J connectivity index is 1.38. The molecule has 1 aromatic heterocycles. The quantitative estimate of drug-likeness (QED) is 0.184. The van der Waals surface area contributed by atoms with Crippen LogP contribution in [0.15, 0.2) is 180 Å². The van der Waals surface area contributed by atoms with Crippen molar-refractivity contribution in [2.24, 2.45) is 0 Å². The van der Waals surface area contributed by atoms with Crippen LogP contribution in [0, 0.1) is 0 Å². The van der Waals surface area contributed by atoms with Gasteiger partial charge in [-0.3, -0.25) is 0 Å². The second kappa shape index (κ2) is 10.6. The first-order valence-electron chi connectivity index (χ1n) is 16.4. The van der Waals surface area contributed by atoms with Crippen LogP contribution >= 0.6 is 0 Å². The number of furan rings is 1. The topological polar surface area (TPSA) is 16.4 Å². The van der Waals surface area contributed by atoms with Crippen molar-refractivity contribution in [3.63, 3.8) is 0 Å². The molecule has 2 heteroatoms. The van der Waals surface area contributed by atoms with Crippen molar-refractivity contribution in [1.29, 1.82) is 0 Å². The smallest absolute Gasteiger partial charge is 0.160 e. The van der Waals surface area contributed by atoms with Crippen LogP contribution in [0.2, 0.25) is 0 Å². The van der Waals surface area contributed by atoms with Crippen LogP contribution in [-0.2, 0) is 0 Å². The SMILES string of the molecule is c1ccc(-c2cccc(N(c3cc4ccccc4c4c3oc3ccccc34)c3cccc4ccc5ccc6ccccc6c5c34)c2)cc1. The molecule has 0 saturated heterocycles. The predicted molar refractivity (Wildman–Crippen MR) is 204 cm³/mol. The summed E-state index contributed by atoms with van der Waals surface area (Å²) in [5.41, 5.74) is 7.29. The van der Waals surface area contributed by atoms with E-state index in [4.69, 9.17) is 4.42 Å². The van der Waals surface area contributed by atoms with Crippen molar-refractivity contribution in [3.05, 3.63) is 176 Å². The van der Waals surface area contributed by atoms with Gasteiger partial charge in [0.05, 0.1) is 11.4 Å². The van der Waals surface area contributed by atoms with Crippen molar-refractivity contribution in [2.45, 2.75) is 0 Å². The molecule has 0 aliphatic carbocycles. The molecular formula is C46H29NO. The van der Waals surface area contributed by atoms with Gasteiger partial charge >= 0.3 is 0 Å². The maximum Gasteiger partial charge on any atom is 0.160 e. The molecule has 0 spiro atoms. The third kappa shape index (κ3) is 4.06. The van der Waals surface area contributed by atoms with Crippen LogP contribution in [0.25, 0.3) is 76.2 Å². The van der Waals surface area contributed by atoms with E-state index in [-0.39, 0.29) is 0 Å². The first-order valence-corrected chi connectivity index (χ1v) is 16.4. The average molecular weight is 612 g/mol. The highest BCUT2D eigenvalue weighted by atomic mass is 16.3. The highest BCUT2D eigenvalue weighted by Crippen LogP contribution is 2.49. The Morgan fingerprint density at radius 2 is 0.958 bits per heavy atom. The van der Waals surface area contributed by atoms with Gasteiger partial charge in [0.1, 0.15) is 5.58 Å². The summed E-state index contributed by atoms with van der Waals surface area (Å²) in [5.74, 6) is 0. The zero-order chi connectivity index (χ0) is 31.6. The van der Waals surface area contributed by atoms with Gasteiger partial charge in [-0.05, 0) is 79.2 Å². The van der Waals surface area contributed by atoms with Gasteiger partial charge in [-0.25, -0.2) is 0 Å². The number of benzene rings is 9. The Kier molecular flexibility index (Phi) is 5.91. The normalized spacial score (nSPS) is 11.8. The third-order valence-corrected chi connectivity index (χ3v) is 9.77. The van der Waals surface area contributed by atoms with E-state index < -0.39 is 0 Å². The number of rotatable bonds is 4. The maximum absolute atomic E-state index is 6.86. The minimum atomic E-state index is 0.877. The molecule has 224 valence electrons. The first-order chi connectivity index (χ1) is 23.8. The molecule has 0 amide bonds. The Hall–Kier alpha value is -6.38. The van der Waals surface area contributed by atoms with E-state index in [1.807, 2.05) is 0 Å². The molecule has 0 aliphatic rings. The lowest BCUT2D eigenvalue weighted by atomic mass is 9.94. The summed E-state index contributed by atoms with van der Waals surface area (Å²) in [5, 5.41) is 12.0. The van der Waals surface area contributed by atoms with Gasteiger partial charge in [0.25, 0.3) is 0 Å². The average Bonchev–Trinajstić information content (AvgIpc) is 3.55. The zero-order valence-electron chi connectivity index (χ0n) is 26.1. The van der Waals surface area contributed by atoms with Crippen molar-refractivity contribution < 1.29 is 4.42 Å². The zero-order valence-corrected chi connectivity index (χ0v) is 26.1. The fraction of sp³-hybridized carbons (Fsp3) is 0. The second-order valence-corrected chi connectivity index (χ2v) is 12.5. The molecule has 0 radical (unpaired) electrons. The van der Waals surface area contributed by atoms with E-state index in [0.29, 0.717) is 0 Å². The molecule has 2 nitrogen and oxygen atoms in total. The standard InChI is InChI=1S/C46H29NO/c1-2-12-30(13-3-1)34-17-10-18-36(28-34)47(41-29-35-15-5-7-20-38(35)45-39-21-8-9-23-42(39)48-46(41)45)40-22-11-16-32-26-27-33-25-24-31-14-4-6-19-37(31)43(33)44(32)40/h1-29H. The molecule has 10 rings (SSSR count). The van der Waals surface area contributed by atoms with Crippen LogP contribution in [0.3, 0.4) is 0 Å². The Morgan fingerprint density at radius 3 is 1.79 bits per heavy atom. The summed E-state index contributed by atoms with van der Waals surface area (Å²) in [6, 6.07) is 63.3. The van der Waals surface area contributed by atoms with Gasteiger partial charge < -0.3 is 9.32 Å². The first kappa shape index (κ1) is 26.8. The molecule has 0 saturated carbocycles. The monoisotopic (exact) mass is 611 g/mol. The molecule has 10 aromatic rings. The summed E-state index contributed by atoms with van der Waals surface area (Å²) < 4.78 is 6.86. The number of nitrogens with zero attached hydrogens (tertiary/aromatic N) is 1. The van der Waals surface area contributed by atoms with Crippen molar-refractivity contribution >= 4 is 82.1 Å². The van der Waals surface area contributed by atoms with Crippen molar-refractivity contribution in [3.8, 4) is 11.1 Å². The van der Waals surface area contributed by atoms with Gasteiger partial charge in [0, 0.05) is 21.8 Å². The highest BCUT2D eigenvalue weighted by molar-refractivity contribution is 6.26. The molecule has 0 N–H and O–H groups in total. The lowest BCUT2D eigenvalue weighted by molar-refractivity contribution is 0.669. The van der Waals surface area contributed by atoms with E-state index in [1.165, 1.54) is 48.7 Å². The van der Waals surface area contributed by atoms with E-state index in [0.717, 1.165) is 44.6 Å². The Bertz CT molecular complexity index is 2840. The molecule has 0 fully saturated rings. The fourth-order valence-electron chi connectivity index (χ4n) is 7.63. The molecule has 0 unspecified atom stereocenters. The maximum atomic E-state index is 6.86. The molecule has 0 aliphatic heterocycles. The van der Waals surface area contributed by atoms with Gasteiger partial charge in [0.15, 0.2) is 5.58 Å². The lowest BCUT2D eigenvalue weighted by Crippen LogP contribution is -2.11. The number of fused-ring (bicyclic) bond motifs is 10. The number of hydrogen-bond donors (Lipinski definition) is 0. The van der Waals surface area contributed by atoms with E-state index >= 15 is 0 Å². The highest BCUT2D eigenvalue weighted by Gasteiger charge is 2.24. The van der Waals surface area contributed by atoms with Crippen LogP contribution < -0.4 is 4.90 Å². The van der Waals surface area contributed by atoms with Gasteiger partial charge in [-0.15, -0.1) is 0 Å². The summed E-state index contributed by atoms with van der Waals surface area (Å²) in [7, 11) is 0. The summed E-state index contributed by atoms with van der Waals surface area (Å²) >= 11 is 0. The Morgan fingerprint density at radius 1 is 0.354 bits per heavy atom. The van der Waals surface area contributed by atoms with Gasteiger partial charge in [0.2, 0.25) is 0 Å². The molecule has 0 bridgehead atoms. The fourth-order valence-corrected chi connectivity index (χ4v) is 7.63. The van der Waals surface area contributed by atoms with Crippen molar-refractivity contribution in [2.75, 3.05) is 4.90 Å². The van der Waals surface area contributed by atoms with Crippen LogP contribution in [0.4, 0.5) is 17.1 Å². The van der Waals surface area contributed by atoms with Gasteiger partial charge in [-0.2, -0.15) is 0 Å². The van der Waals surface area contributed by atoms with Crippen LogP contribution in [-0.4, -0.2) is 0 Å². The van der Waals surface area contributed by atoms with Crippen LogP contribution in [0.5, 0.6) is 0 Å². The minimum Gasteiger partial charge on any atom is -0.454 e. The van der Waals surface area contributed by atoms with E-state index in [2.05, 4.69) is 181 Å². The minimum absolute atomic E-state index is 0.877. The van der Waals surface area contributed by atoms with E-state index in [1.54, 1.807) is 0 Å². The predicted octanol–water partition coefficient (Wildman–Crippen LogP) is 13.3. The molecule has 48 heavy (non-hydrogen) atoms. The molecule has 9 aromatic carbocycles. The molecular weight excluding hydrogens is 583 g/mol. The molecule has 0 atom stereocenters. The molecule has 1 heterocycles. The summed E-state index contributed by atoms with van der Waals surface area (Å²) in [6.07, 6.45) is 0. The third-order valence-electron chi connectivity index (χ3n) is 9.77. The number of anilines is 3.